The highest BCUT2D eigenvalue weighted by Crippen LogP contribution is 2.32. The highest BCUT2D eigenvalue weighted by molar-refractivity contribution is 5.90. The average molecular weight is 526 g/mol. The van der Waals surface area contributed by atoms with Crippen molar-refractivity contribution in [1.82, 2.24) is 24.9 Å². The molecule has 2 fully saturated rings. The van der Waals surface area contributed by atoms with Gasteiger partial charge >= 0.3 is 0 Å². The van der Waals surface area contributed by atoms with Crippen LogP contribution >= 0.6 is 0 Å². The van der Waals surface area contributed by atoms with Crippen LogP contribution in [0.4, 0.5) is 0 Å². The topological polar surface area (TPSA) is 85.4 Å². The summed E-state index contributed by atoms with van der Waals surface area (Å²) in [5.74, 6) is 0.941. The van der Waals surface area contributed by atoms with E-state index < -0.39 is 0 Å². The summed E-state index contributed by atoms with van der Waals surface area (Å²) in [6.45, 7) is 9.81. The number of nitrogens with one attached hydrogen (secondary N) is 1. The van der Waals surface area contributed by atoms with E-state index in [0.717, 1.165) is 88.3 Å². The molecule has 0 aromatic rings. The van der Waals surface area contributed by atoms with E-state index in [-0.39, 0.29) is 47.9 Å². The van der Waals surface area contributed by atoms with Crippen LogP contribution in [-0.2, 0) is 19.1 Å². The van der Waals surface area contributed by atoms with Crippen molar-refractivity contribution in [2.75, 3.05) is 33.3 Å². The number of amides is 3. The molecule has 3 atom stereocenters. The van der Waals surface area contributed by atoms with E-state index in [1.165, 1.54) is 0 Å². The molecule has 38 heavy (non-hydrogen) atoms. The van der Waals surface area contributed by atoms with Gasteiger partial charge in [0.05, 0.1) is 7.11 Å². The summed E-state index contributed by atoms with van der Waals surface area (Å²) in [6, 6.07) is 0.948. The standard InChI is InChI=1S/C29H43N5O4/c1-19-13-24(16-27(35)30-19)31-9-5-22(6-10-31)33-20(2)14-25(17-28(33)36)32-11-7-23(8-12-32)34-21(3)15-26(38-4)18-29(34)37/h16-23H,5-15H2,1-4H3,(H,30,35)/t19-,20-,21-/m0/s1. The molecule has 0 radical (unpaired) electrons. The summed E-state index contributed by atoms with van der Waals surface area (Å²) in [7, 11) is 1.63. The number of rotatable bonds is 5. The molecule has 0 unspecified atom stereocenters. The smallest absolute Gasteiger partial charge is 0.250 e. The van der Waals surface area contributed by atoms with Crippen molar-refractivity contribution < 1.29 is 19.1 Å². The summed E-state index contributed by atoms with van der Waals surface area (Å²) in [5.41, 5.74) is 2.26. The lowest BCUT2D eigenvalue weighted by Gasteiger charge is -2.47. The van der Waals surface area contributed by atoms with Gasteiger partial charge in [-0.3, -0.25) is 14.4 Å². The van der Waals surface area contributed by atoms with Crippen LogP contribution < -0.4 is 5.32 Å². The van der Waals surface area contributed by atoms with Crippen molar-refractivity contribution in [2.45, 2.75) is 95.9 Å². The Morgan fingerprint density at radius 2 is 1.21 bits per heavy atom. The Morgan fingerprint density at radius 3 is 1.68 bits per heavy atom. The maximum Gasteiger partial charge on any atom is 0.250 e. The van der Waals surface area contributed by atoms with Crippen LogP contribution in [0.25, 0.3) is 0 Å². The number of hydrogen-bond acceptors (Lipinski definition) is 6. The van der Waals surface area contributed by atoms with Gasteiger partial charge in [-0.05, 0) is 46.5 Å². The van der Waals surface area contributed by atoms with Crippen molar-refractivity contribution in [2.24, 2.45) is 0 Å². The quantitative estimate of drug-likeness (QED) is 0.593. The molecule has 2 saturated heterocycles. The zero-order chi connectivity index (χ0) is 27.0. The third kappa shape index (κ3) is 5.43. The molecular weight excluding hydrogens is 482 g/mol. The minimum atomic E-state index is -0.00323. The largest absolute Gasteiger partial charge is 0.501 e. The number of likely N-dealkylation sites (tertiary alicyclic amines) is 2. The van der Waals surface area contributed by atoms with Crippen LogP contribution in [0, 0.1) is 0 Å². The highest BCUT2D eigenvalue weighted by atomic mass is 16.5. The fourth-order valence-corrected chi connectivity index (χ4v) is 7.16. The molecule has 9 nitrogen and oxygen atoms in total. The maximum absolute atomic E-state index is 13.4. The van der Waals surface area contributed by atoms with Gasteiger partial charge < -0.3 is 29.7 Å². The Bertz CT molecular complexity index is 1040. The third-order valence-electron chi connectivity index (χ3n) is 9.03. The van der Waals surface area contributed by atoms with E-state index in [1.54, 1.807) is 19.3 Å². The summed E-state index contributed by atoms with van der Waals surface area (Å²) in [6.07, 6.45) is 11.4. The molecule has 0 aromatic heterocycles. The first-order valence-electron chi connectivity index (χ1n) is 14.3. The molecule has 3 amide bonds. The average Bonchev–Trinajstić information content (AvgIpc) is 2.88. The summed E-state index contributed by atoms with van der Waals surface area (Å²) >= 11 is 0. The first-order valence-corrected chi connectivity index (χ1v) is 14.3. The monoisotopic (exact) mass is 525 g/mol. The lowest BCUT2D eigenvalue weighted by atomic mass is 9.93. The Kier molecular flexibility index (Phi) is 7.73. The van der Waals surface area contributed by atoms with Crippen LogP contribution in [0.5, 0.6) is 0 Å². The van der Waals surface area contributed by atoms with Crippen LogP contribution in [0.1, 0.15) is 65.7 Å². The van der Waals surface area contributed by atoms with Crippen molar-refractivity contribution in [3.8, 4) is 0 Å². The molecule has 0 spiro atoms. The molecular formula is C29H43N5O4. The maximum atomic E-state index is 13.4. The molecule has 0 aliphatic carbocycles. The lowest BCUT2D eigenvalue weighted by molar-refractivity contribution is -0.133. The predicted molar refractivity (Wildman–Crippen MR) is 145 cm³/mol. The Morgan fingerprint density at radius 1 is 0.711 bits per heavy atom. The minimum Gasteiger partial charge on any atom is -0.501 e. The third-order valence-corrected chi connectivity index (χ3v) is 9.03. The SMILES string of the molecule is COC1=CC(=O)N(C2CCN(C3=CC(=O)N(C4CCN(C5=CC(=O)N[C@@H](C)C5)CC4)[C@@H](C)C3)CC2)[C@@H](C)C1. The second kappa shape index (κ2) is 11.0. The van der Waals surface area contributed by atoms with E-state index >= 15 is 0 Å². The van der Waals surface area contributed by atoms with Gasteiger partial charge in [0.1, 0.15) is 5.76 Å². The molecule has 9 heteroatoms. The number of nitrogens with zero attached hydrogens (tertiary/aromatic N) is 4. The Balaban J connectivity index is 1.15. The molecule has 0 saturated carbocycles. The van der Waals surface area contributed by atoms with Gasteiger partial charge in [0, 0.05) is 105 Å². The van der Waals surface area contributed by atoms with Gasteiger partial charge in [-0.25, -0.2) is 0 Å². The summed E-state index contributed by atoms with van der Waals surface area (Å²) in [4.78, 5) is 46.9. The van der Waals surface area contributed by atoms with Gasteiger partial charge in [-0.1, -0.05) is 0 Å². The molecule has 0 bridgehead atoms. The number of ether oxygens (including phenoxy) is 1. The van der Waals surface area contributed by atoms with Crippen molar-refractivity contribution >= 4 is 17.7 Å². The fourth-order valence-electron chi connectivity index (χ4n) is 7.16. The van der Waals surface area contributed by atoms with Gasteiger partial charge in [-0.15, -0.1) is 0 Å². The summed E-state index contributed by atoms with van der Waals surface area (Å²) in [5, 5.41) is 2.95. The van der Waals surface area contributed by atoms with E-state index in [9.17, 15) is 14.4 Å². The molecule has 5 heterocycles. The van der Waals surface area contributed by atoms with Crippen molar-refractivity contribution in [3.63, 3.8) is 0 Å². The molecule has 1 N–H and O–H groups in total. The number of hydrogen-bond donors (Lipinski definition) is 1. The zero-order valence-electron chi connectivity index (χ0n) is 23.3. The van der Waals surface area contributed by atoms with Crippen molar-refractivity contribution in [1.29, 1.82) is 0 Å². The second-order valence-electron chi connectivity index (χ2n) is 11.7. The predicted octanol–water partition coefficient (Wildman–Crippen LogP) is 2.36. The number of carbonyl (C=O) groups is 3. The Labute approximate surface area is 226 Å². The van der Waals surface area contributed by atoms with E-state index in [4.69, 9.17) is 4.74 Å². The zero-order valence-corrected chi connectivity index (χ0v) is 23.3. The first-order chi connectivity index (χ1) is 18.2. The van der Waals surface area contributed by atoms with E-state index in [0.29, 0.717) is 0 Å². The molecule has 5 aliphatic rings. The summed E-state index contributed by atoms with van der Waals surface area (Å²) < 4.78 is 5.32. The van der Waals surface area contributed by atoms with Gasteiger partial charge in [-0.2, -0.15) is 0 Å². The number of carbonyl (C=O) groups excluding carboxylic acids is 3. The first kappa shape index (κ1) is 26.6. The van der Waals surface area contributed by atoms with Crippen LogP contribution in [0.3, 0.4) is 0 Å². The number of piperidine rings is 2. The van der Waals surface area contributed by atoms with Gasteiger partial charge in [0.15, 0.2) is 0 Å². The minimum absolute atomic E-state index is 0.00323. The Hall–Kier alpha value is -2.97. The van der Waals surface area contributed by atoms with E-state index in [1.807, 2.05) is 17.9 Å². The molecule has 5 rings (SSSR count). The second-order valence-corrected chi connectivity index (χ2v) is 11.7. The molecule has 0 aromatic carbocycles. The number of methoxy groups -OCH3 is 1. The van der Waals surface area contributed by atoms with Crippen LogP contribution in [0.2, 0.25) is 0 Å². The van der Waals surface area contributed by atoms with E-state index in [2.05, 4.69) is 33.9 Å². The van der Waals surface area contributed by atoms with Gasteiger partial charge in [0.2, 0.25) is 17.7 Å². The van der Waals surface area contributed by atoms with Crippen molar-refractivity contribution in [3.05, 3.63) is 35.4 Å². The van der Waals surface area contributed by atoms with Gasteiger partial charge in [0.25, 0.3) is 0 Å². The van der Waals surface area contributed by atoms with Crippen LogP contribution in [0.15, 0.2) is 35.4 Å². The fraction of sp³-hybridized carbons (Fsp3) is 0.690. The van der Waals surface area contributed by atoms with Crippen LogP contribution in [-0.4, -0.2) is 101 Å². The lowest BCUT2D eigenvalue weighted by Crippen LogP contribution is -2.54. The normalized spacial score (nSPS) is 30.2. The highest BCUT2D eigenvalue weighted by Gasteiger charge is 2.38. The molecule has 5 aliphatic heterocycles. The molecule has 208 valence electrons.